The summed E-state index contributed by atoms with van der Waals surface area (Å²) < 4.78 is 16.2. The summed E-state index contributed by atoms with van der Waals surface area (Å²) in [6.07, 6.45) is -6.50. The van der Waals surface area contributed by atoms with Gasteiger partial charge in [-0.15, -0.1) is 0 Å². The molecule has 1 aromatic rings. The van der Waals surface area contributed by atoms with E-state index in [0.29, 0.717) is 6.42 Å². The number of carboxylic acids is 3. The van der Waals surface area contributed by atoms with Gasteiger partial charge in [0, 0.05) is 12.5 Å². The molecule has 2 aliphatic heterocycles. The quantitative estimate of drug-likeness (QED) is 0.0752. The minimum absolute atomic E-state index is 0.0513. The van der Waals surface area contributed by atoms with Gasteiger partial charge in [-0.2, -0.15) is 0 Å². The highest BCUT2D eigenvalue weighted by atomic mass is 16.8. The normalized spacial score (nSPS) is 31.8. The lowest BCUT2D eigenvalue weighted by atomic mass is 9.74. The number of hydrogen-bond donors (Lipinski definition) is 7. The molecule has 2 unspecified atom stereocenters. The lowest BCUT2D eigenvalue weighted by Gasteiger charge is -2.48. The molecule has 3 rings (SSSR count). The van der Waals surface area contributed by atoms with Crippen LogP contribution in [0.4, 0.5) is 0 Å². The Bertz CT molecular complexity index is 1370. The fourth-order valence-electron chi connectivity index (χ4n) is 6.26. The van der Waals surface area contributed by atoms with Crippen LogP contribution in [-0.4, -0.2) is 107 Å². The molecule has 1 aromatic carbocycles. The predicted octanol–water partition coefficient (Wildman–Crippen LogP) is 1.43. The van der Waals surface area contributed by atoms with Gasteiger partial charge in [0.25, 0.3) is 0 Å². The molecule has 0 aromatic heterocycles. The Morgan fingerprint density at radius 3 is 2.26 bits per heavy atom. The number of benzene rings is 1. The van der Waals surface area contributed by atoms with Crippen LogP contribution >= 0.6 is 0 Å². The molecule has 2 bridgehead atoms. The van der Waals surface area contributed by atoms with Crippen LogP contribution < -0.4 is 0 Å². The Kier molecular flexibility index (Phi) is 11.4. The molecular weight excluding hydrogens is 620 g/mol. The van der Waals surface area contributed by atoms with Crippen LogP contribution in [0.25, 0.3) is 0 Å². The summed E-state index contributed by atoms with van der Waals surface area (Å²) in [7, 11) is 0. The van der Waals surface area contributed by atoms with Crippen molar-refractivity contribution in [2.75, 3.05) is 0 Å². The fourth-order valence-corrected chi connectivity index (χ4v) is 6.26. The average molecular weight is 665 g/mol. The van der Waals surface area contributed by atoms with Crippen molar-refractivity contribution in [3.05, 3.63) is 60.2 Å². The largest absolute Gasteiger partial charge is 0.479 e. The summed E-state index contributed by atoms with van der Waals surface area (Å²) in [4.78, 5) is 50.6. The van der Waals surface area contributed by atoms with Crippen molar-refractivity contribution < 1.29 is 69.1 Å². The molecule has 0 spiro atoms. The first kappa shape index (κ1) is 37.8. The molecule has 0 radical (unpaired) electrons. The number of hydrogen-bond acceptors (Lipinski definition) is 11. The van der Waals surface area contributed by atoms with Crippen molar-refractivity contribution in [1.29, 1.82) is 0 Å². The minimum Gasteiger partial charge on any atom is -0.479 e. The zero-order valence-corrected chi connectivity index (χ0v) is 26.7. The zero-order chi connectivity index (χ0) is 35.5. The van der Waals surface area contributed by atoms with Crippen LogP contribution in [-0.2, 0) is 39.8 Å². The summed E-state index contributed by atoms with van der Waals surface area (Å²) >= 11 is 0. The fraction of sp³-hybridized carbons (Fsp3) is 0.576. The molecule has 0 aliphatic carbocycles. The van der Waals surface area contributed by atoms with Crippen LogP contribution in [0.2, 0.25) is 0 Å². The monoisotopic (exact) mass is 664 g/mol. The smallest absolute Gasteiger partial charge is 0.344 e. The summed E-state index contributed by atoms with van der Waals surface area (Å²) in [5, 5.41) is 74.7. The van der Waals surface area contributed by atoms with Gasteiger partial charge in [0.15, 0.2) is 6.10 Å². The van der Waals surface area contributed by atoms with Gasteiger partial charge in [-0.25, -0.2) is 19.2 Å². The number of aliphatic hydroxyl groups excluding tert-OH is 2. The predicted molar refractivity (Wildman–Crippen MR) is 163 cm³/mol. The lowest BCUT2D eigenvalue weighted by molar-refractivity contribution is -0.374. The van der Waals surface area contributed by atoms with E-state index in [9.17, 15) is 54.9 Å². The number of carbonyl (C=O) groups excluding carboxylic acids is 1. The molecule has 0 saturated carbocycles. The van der Waals surface area contributed by atoms with E-state index in [2.05, 4.69) is 6.58 Å². The van der Waals surface area contributed by atoms with Gasteiger partial charge >= 0.3 is 23.9 Å². The molecule has 2 heterocycles. The number of aliphatic carboxylic acids is 3. The van der Waals surface area contributed by atoms with E-state index < -0.39 is 77.3 Å². The molecule has 47 heavy (non-hydrogen) atoms. The number of rotatable bonds is 16. The molecular formula is C33H44O14. The molecule has 10 atom stereocenters. The van der Waals surface area contributed by atoms with Gasteiger partial charge in [-0.3, -0.25) is 0 Å². The maximum Gasteiger partial charge on any atom is 0.344 e. The molecule has 7 N–H and O–H groups in total. The Hall–Kier alpha value is -3.66. The minimum atomic E-state index is -3.93. The van der Waals surface area contributed by atoms with E-state index in [-0.39, 0.29) is 30.3 Å². The summed E-state index contributed by atoms with van der Waals surface area (Å²) in [5.74, 6) is -11.1. The van der Waals surface area contributed by atoms with E-state index in [0.717, 1.165) is 24.1 Å². The zero-order valence-electron chi connectivity index (χ0n) is 26.7. The Labute approximate surface area is 271 Å². The van der Waals surface area contributed by atoms with Crippen LogP contribution in [0, 0.1) is 11.8 Å². The first-order valence-corrected chi connectivity index (χ1v) is 15.3. The second kappa shape index (κ2) is 14.2. The van der Waals surface area contributed by atoms with Crippen molar-refractivity contribution in [3.63, 3.8) is 0 Å². The standard InChI is InChI=1S/C33H44O14/c1-6-18(2)17-30(5,43)14-13-22(34)45-25-24(36)31(15-12-19(3)23(35)20(4)16-21-10-8-7-9-11-21)46-26(27(37)38)32(44,28(39)40)33(25,47-31)29(41)42/h7-11,13-14,18,20,23-26,35-36,43-44H,3,6,12,15-17H2,1-2,4-5H3,(H,37,38)(H,39,40)(H,41,42)/b14-13+/t18?,20-,23-,24-,25-,26-,30?,31+,32-,33+/m1/s1. The SMILES string of the molecule is C=C(CC[C@]12O[C@H](C(=O)O)[C@@](O)(C(=O)O)[C@](C(=O)O)(O1)[C@H](OC(=O)/C=C/C(C)(O)CC(C)CC)[C@H]2O)[C@@H](O)[C@H](C)Cc1ccccc1. The van der Waals surface area contributed by atoms with E-state index in [1.807, 2.05) is 44.2 Å². The maximum atomic E-state index is 13.0. The Balaban J connectivity index is 1.98. The number of carboxylic acid groups (broad SMARTS) is 3. The van der Waals surface area contributed by atoms with Crippen LogP contribution in [0.15, 0.2) is 54.6 Å². The van der Waals surface area contributed by atoms with Gasteiger partial charge in [-0.1, -0.05) is 64.1 Å². The van der Waals surface area contributed by atoms with Crippen molar-refractivity contribution in [2.45, 2.75) is 107 Å². The van der Waals surface area contributed by atoms with Gasteiger partial charge in [0.1, 0.15) is 6.10 Å². The van der Waals surface area contributed by atoms with E-state index in [1.54, 1.807) is 6.92 Å². The van der Waals surface area contributed by atoms with E-state index in [4.69, 9.17) is 14.2 Å². The first-order valence-electron chi connectivity index (χ1n) is 15.3. The van der Waals surface area contributed by atoms with E-state index >= 15 is 0 Å². The van der Waals surface area contributed by atoms with Crippen LogP contribution in [0.1, 0.15) is 58.9 Å². The molecule has 2 fully saturated rings. The molecule has 2 saturated heterocycles. The third-order valence-electron chi connectivity index (χ3n) is 9.04. The number of fused-ring (bicyclic) bond motifs is 2. The van der Waals surface area contributed by atoms with E-state index in [1.165, 1.54) is 6.92 Å². The topological polar surface area (TPSA) is 238 Å². The first-order chi connectivity index (χ1) is 21.8. The number of esters is 1. The third-order valence-corrected chi connectivity index (χ3v) is 9.04. The van der Waals surface area contributed by atoms with Crippen molar-refractivity contribution in [3.8, 4) is 0 Å². The van der Waals surface area contributed by atoms with Crippen LogP contribution in [0.5, 0.6) is 0 Å². The lowest BCUT2D eigenvalue weighted by Crippen LogP contribution is -2.78. The van der Waals surface area contributed by atoms with Gasteiger partial charge in [0.2, 0.25) is 23.1 Å². The molecule has 14 nitrogen and oxygen atoms in total. The highest BCUT2D eigenvalue weighted by Gasteiger charge is 2.85. The summed E-state index contributed by atoms with van der Waals surface area (Å²) in [5.41, 5.74) is -7.94. The van der Waals surface area contributed by atoms with Gasteiger partial charge < -0.3 is 50.0 Å². The van der Waals surface area contributed by atoms with Crippen LogP contribution in [0.3, 0.4) is 0 Å². The van der Waals surface area contributed by atoms with Gasteiger partial charge in [-0.05, 0) is 55.2 Å². The molecule has 2 aliphatic rings. The molecule has 260 valence electrons. The third kappa shape index (κ3) is 7.27. The summed E-state index contributed by atoms with van der Waals surface area (Å²) in [6.45, 7) is 10.8. The highest BCUT2D eigenvalue weighted by Crippen LogP contribution is 2.55. The van der Waals surface area contributed by atoms with Crippen molar-refractivity contribution in [2.24, 2.45) is 11.8 Å². The molecule has 14 heteroatoms. The van der Waals surface area contributed by atoms with Crippen molar-refractivity contribution >= 4 is 23.9 Å². The number of carbonyl (C=O) groups is 4. The second-order valence-electron chi connectivity index (χ2n) is 12.8. The second-order valence-corrected chi connectivity index (χ2v) is 12.8. The highest BCUT2D eigenvalue weighted by molar-refractivity contribution is 5.98. The van der Waals surface area contributed by atoms with Crippen molar-refractivity contribution in [1.82, 2.24) is 0 Å². The number of aliphatic hydroxyl groups is 4. The Morgan fingerprint density at radius 1 is 1.11 bits per heavy atom. The molecule has 0 amide bonds. The summed E-state index contributed by atoms with van der Waals surface area (Å²) in [6, 6.07) is 9.25. The maximum absolute atomic E-state index is 13.0. The van der Waals surface area contributed by atoms with Gasteiger partial charge in [0.05, 0.1) is 11.7 Å². The average Bonchev–Trinajstić information content (AvgIpc) is 3.22. The Morgan fingerprint density at radius 2 is 1.72 bits per heavy atom. The number of ether oxygens (including phenoxy) is 3.